The molecule has 0 spiro atoms. The summed E-state index contributed by atoms with van der Waals surface area (Å²) in [5, 5.41) is 4.37. The summed E-state index contributed by atoms with van der Waals surface area (Å²) in [6.45, 7) is 1.69. The van der Waals surface area contributed by atoms with E-state index in [0.717, 1.165) is 28.8 Å². The van der Waals surface area contributed by atoms with Gasteiger partial charge in [0.2, 0.25) is 0 Å². The lowest BCUT2D eigenvalue weighted by Crippen LogP contribution is -2.23. The summed E-state index contributed by atoms with van der Waals surface area (Å²) >= 11 is 6.88. The Bertz CT molecular complexity index is 550. The summed E-state index contributed by atoms with van der Waals surface area (Å²) in [7, 11) is 4.07. The number of nitrogens with two attached hydrogens (primary N) is 1. The van der Waals surface area contributed by atoms with Crippen molar-refractivity contribution in [3.8, 4) is 0 Å². The summed E-state index contributed by atoms with van der Waals surface area (Å²) in [6, 6.07) is 1.58. The average molecular weight is 392 g/mol. The molecule has 0 radical (unpaired) electrons. The molecule has 104 valence electrons. The lowest BCUT2D eigenvalue weighted by molar-refractivity contribution is 0.367. The summed E-state index contributed by atoms with van der Waals surface area (Å²) < 4.78 is 8.74. The predicted octanol–water partition coefficient (Wildman–Crippen LogP) is 2.61. The third-order valence-corrected chi connectivity index (χ3v) is 4.12. The number of hydrogen-bond donors (Lipinski definition) is 1. The Hall–Kier alpha value is -0.630. The van der Waals surface area contributed by atoms with Gasteiger partial charge in [-0.05, 0) is 52.0 Å². The van der Waals surface area contributed by atoms with Gasteiger partial charge in [0.05, 0.1) is 35.2 Å². The van der Waals surface area contributed by atoms with Crippen LogP contribution >= 0.6 is 31.9 Å². The Morgan fingerprint density at radius 2 is 2.21 bits per heavy atom. The maximum absolute atomic E-state index is 6.32. The number of hydrogen-bond acceptors (Lipinski definition) is 4. The molecular formula is C12H16Br2N4O. The molecule has 1 atom stereocenters. The summed E-state index contributed by atoms with van der Waals surface area (Å²) in [5.41, 5.74) is 8.18. The third-order valence-electron chi connectivity index (χ3n) is 2.87. The Kier molecular flexibility index (Phi) is 4.83. The Morgan fingerprint density at radius 3 is 2.79 bits per heavy atom. The zero-order valence-electron chi connectivity index (χ0n) is 10.8. The van der Waals surface area contributed by atoms with Crippen molar-refractivity contribution in [2.24, 2.45) is 5.73 Å². The zero-order valence-corrected chi connectivity index (χ0v) is 14.0. The van der Waals surface area contributed by atoms with E-state index in [4.69, 9.17) is 10.2 Å². The van der Waals surface area contributed by atoms with E-state index in [1.54, 1.807) is 12.5 Å². The topological polar surface area (TPSA) is 60.2 Å². The van der Waals surface area contributed by atoms with Gasteiger partial charge in [-0.3, -0.25) is 4.68 Å². The van der Waals surface area contributed by atoms with Crippen LogP contribution < -0.4 is 5.73 Å². The number of rotatable bonds is 5. The highest BCUT2D eigenvalue weighted by molar-refractivity contribution is 9.10. The minimum absolute atomic E-state index is 0.285. The van der Waals surface area contributed by atoms with Crippen molar-refractivity contribution in [3.05, 3.63) is 38.9 Å². The largest absolute Gasteiger partial charge is 0.457 e. The van der Waals surface area contributed by atoms with Crippen molar-refractivity contribution in [1.29, 1.82) is 0 Å². The molecule has 2 aromatic rings. The smallest absolute Gasteiger partial charge is 0.174 e. The van der Waals surface area contributed by atoms with E-state index in [0.29, 0.717) is 4.67 Å². The lowest BCUT2D eigenvalue weighted by atomic mass is 10.1. The van der Waals surface area contributed by atoms with Gasteiger partial charge >= 0.3 is 0 Å². The molecule has 0 amide bonds. The van der Waals surface area contributed by atoms with Crippen LogP contribution in [0, 0.1) is 0 Å². The van der Waals surface area contributed by atoms with E-state index in [2.05, 4.69) is 41.9 Å². The van der Waals surface area contributed by atoms with Crippen LogP contribution in [0.25, 0.3) is 0 Å². The van der Waals surface area contributed by atoms with Gasteiger partial charge in [0, 0.05) is 12.1 Å². The maximum atomic E-state index is 6.32. The summed E-state index contributed by atoms with van der Waals surface area (Å²) in [6.07, 6.45) is 3.40. The maximum Gasteiger partial charge on any atom is 0.174 e. The van der Waals surface area contributed by atoms with Crippen molar-refractivity contribution >= 4 is 31.9 Å². The van der Waals surface area contributed by atoms with Gasteiger partial charge < -0.3 is 15.1 Å². The molecule has 1 unspecified atom stereocenters. The molecule has 0 aliphatic carbocycles. The molecule has 0 aliphatic rings. The minimum Gasteiger partial charge on any atom is -0.457 e. The van der Waals surface area contributed by atoms with E-state index < -0.39 is 0 Å². The van der Waals surface area contributed by atoms with Crippen LogP contribution in [0.3, 0.4) is 0 Å². The van der Waals surface area contributed by atoms with Gasteiger partial charge in [-0.1, -0.05) is 0 Å². The molecule has 19 heavy (non-hydrogen) atoms. The van der Waals surface area contributed by atoms with Gasteiger partial charge in [0.25, 0.3) is 0 Å². The van der Waals surface area contributed by atoms with E-state index in [1.807, 2.05) is 24.8 Å². The fourth-order valence-electron chi connectivity index (χ4n) is 1.83. The van der Waals surface area contributed by atoms with Gasteiger partial charge in [-0.15, -0.1) is 0 Å². The van der Waals surface area contributed by atoms with E-state index in [-0.39, 0.29) is 6.04 Å². The lowest BCUT2D eigenvalue weighted by Gasteiger charge is -2.16. The van der Waals surface area contributed by atoms with Crippen molar-refractivity contribution in [2.45, 2.75) is 12.6 Å². The molecule has 2 N–H and O–H groups in total. The second kappa shape index (κ2) is 6.21. The number of likely N-dealkylation sites (N-methyl/N-ethyl adjacent to an activating group) is 1. The number of nitrogens with zero attached hydrogens (tertiary/aromatic N) is 3. The molecule has 0 aromatic carbocycles. The highest BCUT2D eigenvalue weighted by atomic mass is 79.9. The molecule has 0 fully saturated rings. The highest BCUT2D eigenvalue weighted by Gasteiger charge is 2.21. The second-order valence-corrected chi connectivity index (χ2v) is 6.11. The van der Waals surface area contributed by atoms with Gasteiger partial charge in [0.1, 0.15) is 0 Å². The van der Waals surface area contributed by atoms with Gasteiger partial charge in [-0.2, -0.15) is 5.10 Å². The zero-order chi connectivity index (χ0) is 14.0. The quantitative estimate of drug-likeness (QED) is 0.850. The van der Waals surface area contributed by atoms with Gasteiger partial charge in [-0.25, -0.2) is 0 Å². The molecule has 2 rings (SSSR count). The van der Waals surface area contributed by atoms with Gasteiger partial charge in [0.15, 0.2) is 4.67 Å². The summed E-state index contributed by atoms with van der Waals surface area (Å²) in [5.74, 6) is 0. The van der Waals surface area contributed by atoms with Crippen molar-refractivity contribution in [1.82, 2.24) is 14.7 Å². The molecule has 7 heteroatoms. The Labute approximate surface area is 129 Å². The first-order valence-corrected chi connectivity index (χ1v) is 7.43. The van der Waals surface area contributed by atoms with Crippen LogP contribution in [0.5, 0.6) is 0 Å². The van der Waals surface area contributed by atoms with Crippen molar-refractivity contribution in [3.63, 3.8) is 0 Å². The van der Waals surface area contributed by atoms with Crippen LogP contribution in [0.15, 0.2) is 32.1 Å². The predicted molar refractivity (Wildman–Crippen MR) is 80.9 cm³/mol. The molecule has 2 heterocycles. The fourth-order valence-corrected chi connectivity index (χ4v) is 2.86. The second-order valence-electron chi connectivity index (χ2n) is 4.53. The molecule has 5 nitrogen and oxygen atoms in total. The Morgan fingerprint density at radius 1 is 1.47 bits per heavy atom. The molecule has 0 saturated heterocycles. The van der Waals surface area contributed by atoms with E-state index >= 15 is 0 Å². The minimum atomic E-state index is -0.285. The van der Waals surface area contributed by atoms with Crippen LogP contribution in [-0.4, -0.2) is 35.3 Å². The van der Waals surface area contributed by atoms with Crippen LogP contribution in [0.4, 0.5) is 0 Å². The first kappa shape index (κ1) is 14.8. The highest BCUT2D eigenvalue weighted by Crippen LogP contribution is 2.31. The first-order valence-electron chi connectivity index (χ1n) is 5.85. The number of aromatic nitrogens is 2. The molecule has 2 aromatic heterocycles. The van der Waals surface area contributed by atoms with Crippen molar-refractivity contribution < 1.29 is 4.42 Å². The number of furan rings is 1. The van der Waals surface area contributed by atoms with E-state index in [9.17, 15) is 0 Å². The van der Waals surface area contributed by atoms with Crippen LogP contribution in [0.1, 0.15) is 17.3 Å². The van der Waals surface area contributed by atoms with E-state index in [1.165, 1.54) is 0 Å². The third kappa shape index (κ3) is 3.28. The number of halogens is 2. The standard InChI is InChI=1S/C12H16Br2N4O/c1-17(2)4-5-18-11(9(13)7-16-18)10(15)8-3-6-19-12(8)14/h3,6-7,10H,4-5,15H2,1-2H3. The average Bonchev–Trinajstić information content (AvgIpc) is 2.92. The fraction of sp³-hybridized carbons (Fsp3) is 0.417. The van der Waals surface area contributed by atoms with Crippen LogP contribution in [-0.2, 0) is 6.54 Å². The normalized spacial score (nSPS) is 13.2. The van der Waals surface area contributed by atoms with Crippen molar-refractivity contribution in [2.75, 3.05) is 20.6 Å². The molecule has 0 saturated carbocycles. The first-order chi connectivity index (χ1) is 9.00. The molecule has 0 aliphatic heterocycles. The van der Waals surface area contributed by atoms with Crippen LogP contribution in [0.2, 0.25) is 0 Å². The summed E-state index contributed by atoms with van der Waals surface area (Å²) in [4.78, 5) is 2.11. The molecular weight excluding hydrogens is 376 g/mol. The SMILES string of the molecule is CN(C)CCn1ncc(Br)c1C(N)c1ccoc1Br. The monoisotopic (exact) mass is 390 g/mol. The Balaban J connectivity index is 2.28. The molecule has 0 bridgehead atoms.